The lowest BCUT2D eigenvalue weighted by Crippen LogP contribution is -2.13. The molecule has 27 heavy (non-hydrogen) atoms. The monoisotopic (exact) mass is 367 g/mol. The molecule has 0 aliphatic heterocycles. The molecule has 2 heterocycles. The number of furan rings is 1. The van der Waals surface area contributed by atoms with E-state index in [1.54, 1.807) is 41.8 Å². The fourth-order valence-electron chi connectivity index (χ4n) is 2.86. The SMILES string of the molecule is Cc1cc(C(=O)COC(=O)/C=C/c2ccco2)c(C)n1-c1cccc(F)c1. The third kappa shape index (κ3) is 4.23. The van der Waals surface area contributed by atoms with Crippen LogP contribution in [0.5, 0.6) is 0 Å². The zero-order chi connectivity index (χ0) is 19.4. The van der Waals surface area contributed by atoms with Gasteiger partial charge in [0.15, 0.2) is 6.61 Å². The summed E-state index contributed by atoms with van der Waals surface area (Å²) in [5.74, 6) is -0.814. The summed E-state index contributed by atoms with van der Waals surface area (Å²) in [7, 11) is 0. The summed E-state index contributed by atoms with van der Waals surface area (Å²) in [6.07, 6.45) is 4.15. The number of carbonyl (C=O) groups is 2. The predicted molar refractivity (Wildman–Crippen MR) is 98.2 cm³/mol. The molecule has 0 amide bonds. The number of Topliss-reactive ketones (excluding diaryl/α,β-unsaturated/α-hetero) is 1. The Labute approximate surface area is 155 Å². The van der Waals surface area contributed by atoms with Crippen LogP contribution in [0.1, 0.15) is 27.5 Å². The summed E-state index contributed by atoms with van der Waals surface area (Å²) in [6.45, 7) is 3.21. The fourth-order valence-corrected chi connectivity index (χ4v) is 2.86. The second-order valence-electron chi connectivity index (χ2n) is 5.98. The van der Waals surface area contributed by atoms with Crippen molar-refractivity contribution in [3.63, 3.8) is 0 Å². The van der Waals surface area contributed by atoms with Crippen molar-refractivity contribution in [3.05, 3.63) is 83.3 Å². The first-order valence-corrected chi connectivity index (χ1v) is 8.32. The van der Waals surface area contributed by atoms with E-state index in [1.165, 1.54) is 30.5 Å². The molecule has 0 unspecified atom stereocenters. The molecule has 0 aliphatic carbocycles. The van der Waals surface area contributed by atoms with Gasteiger partial charge in [-0.3, -0.25) is 4.79 Å². The van der Waals surface area contributed by atoms with Gasteiger partial charge in [0.05, 0.1) is 6.26 Å². The van der Waals surface area contributed by atoms with Gasteiger partial charge >= 0.3 is 5.97 Å². The van der Waals surface area contributed by atoms with E-state index in [-0.39, 0.29) is 18.2 Å². The molecule has 0 saturated heterocycles. The predicted octanol–water partition coefficient (Wildman–Crippen LogP) is 4.27. The number of carbonyl (C=O) groups excluding carboxylic acids is 2. The molecule has 0 atom stereocenters. The fraction of sp³-hybridized carbons (Fsp3) is 0.143. The molecule has 0 radical (unpaired) electrons. The first-order chi connectivity index (χ1) is 13.0. The number of aryl methyl sites for hydroxylation is 1. The number of ketones is 1. The molecular formula is C21H18FNO4. The van der Waals surface area contributed by atoms with Gasteiger partial charge in [-0.2, -0.15) is 0 Å². The summed E-state index contributed by atoms with van der Waals surface area (Å²) in [5, 5.41) is 0. The maximum absolute atomic E-state index is 13.5. The quantitative estimate of drug-likeness (QED) is 0.371. The van der Waals surface area contributed by atoms with E-state index in [1.807, 2.05) is 6.92 Å². The number of ether oxygens (including phenoxy) is 1. The normalized spacial score (nSPS) is 11.1. The van der Waals surface area contributed by atoms with Crippen molar-refractivity contribution in [1.82, 2.24) is 4.57 Å². The molecule has 2 aromatic heterocycles. The molecule has 1 aromatic carbocycles. The minimum Gasteiger partial charge on any atom is -0.465 e. The van der Waals surface area contributed by atoms with Crippen molar-refractivity contribution in [2.45, 2.75) is 13.8 Å². The molecule has 0 spiro atoms. The Morgan fingerprint density at radius 2 is 2.00 bits per heavy atom. The van der Waals surface area contributed by atoms with Crippen molar-refractivity contribution < 1.29 is 23.1 Å². The molecule has 0 saturated carbocycles. The summed E-state index contributed by atoms with van der Waals surface area (Å²) < 4.78 is 25.4. The van der Waals surface area contributed by atoms with Crippen molar-refractivity contribution in [1.29, 1.82) is 0 Å². The van der Waals surface area contributed by atoms with E-state index in [0.29, 0.717) is 22.7 Å². The zero-order valence-corrected chi connectivity index (χ0v) is 14.9. The van der Waals surface area contributed by atoms with Gasteiger partial charge in [-0.05, 0) is 56.3 Å². The van der Waals surface area contributed by atoms with Gasteiger partial charge in [-0.25, -0.2) is 9.18 Å². The second kappa shape index (κ2) is 7.86. The van der Waals surface area contributed by atoms with Crippen LogP contribution in [-0.2, 0) is 9.53 Å². The minimum absolute atomic E-state index is 0.328. The Morgan fingerprint density at radius 1 is 1.19 bits per heavy atom. The van der Waals surface area contributed by atoms with Crippen molar-refractivity contribution in [3.8, 4) is 5.69 Å². The Morgan fingerprint density at radius 3 is 2.70 bits per heavy atom. The minimum atomic E-state index is -0.640. The number of esters is 1. The maximum Gasteiger partial charge on any atom is 0.331 e. The van der Waals surface area contributed by atoms with E-state index in [9.17, 15) is 14.0 Å². The molecule has 0 bridgehead atoms. The van der Waals surface area contributed by atoms with Crippen LogP contribution in [0.4, 0.5) is 4.39 Å². The van der Waals surface area contributed by atoms with Gasteiger partial charge in [0.2, 0.25) is 5.78 Å². The van der Waals surface area contributed by atoms with Crippen LogP contribution in [0.2, 0.25) is 0 Å². The lowest BCUT2D eigenvalue weighted by Gasteiger charge is -2.10. The molecule has 3 rings (SSSR count). The molecule has 3 aromatic rings. The number of nitrogens with zero attached hydrogens (tertiary/aromatic N) is 1. The molecule has 6 heteroatoms. The van der Waals surface area contributed by atoms with Gasteiger partial charge in [0.1, 0.15) is 11.6 Å². The number of halogens is 1. The van der Waals surface area contributed by atoms with Crippen LogP contribution in [0, 0.1) is 19.7 Å². The van der Waals surface area contributed by atoms with Gasteiger partial charge in [-0.1, -0.05) is 6.07 Å². The highest BCUT2D eigenvalue weighted by Crippen LogP contribution is 2.22. The third-order valence-corrected chi connectivity index (χ3v) is 4.07. The number of aromatic nitrogens is 1. The summed E-state index contributed by atoms with van der Waals surface area (Å²) >= 11 is 0. The van der Waals surface area contributed by atoms with E-state index < -0.39 is 5.97 Å². The lowest BCUT2D eigenvalue weighted by molar-refractivity contribution is -0.136. The summed E-state index contributed by atoms with van der Waals surface area (Å²) in [6, 6.07) is 11.2. The largest absolute Gasteiger partial charge is 0.465 e. The topological polar surface area (TPSA) is 61.4 Å². The summed E-state index contributed by atoms with van der Waals surface area (Å²) in [5.41, 5.74) is 2.50. The molecule has 138 valence electrons. The Bertz CT molecular complexity index is 999. The van der Waals surface area contributed by atoms with Crippen LogP contribution >= 0.6 is 0 Å². The maximum atomic E-state index is 13.5. The number of rotatable bonds is 6. The van der Waals surface area contributed by atoms with Gasteiger partial charge < -0.3 is 13.7 Å². The Balaban J connectivity index is 1.70. The first kappa shape index (κ1) is 18.4. The summed E-state index contributed by atoms with van der Waals surface area (Å²) in [4.78, 5) is 24.2. The highest BCUT2D eigenvalue weighted by Gasteiger charge is 2.18. The Kier molecular flexibility index (Phi) is 5.35. The van der Waals surface area contributed by atoms with Crippen molar-refractivity contribution >= 4 is 17.8 Å². The first-order valence-electron chi connectivity index (χ1n) is 8.32. The van der Waals surface area contributed by atoms with E-state index in [0.717, 1.165) is 5.69 Å². The van der Waals surface area contributed by atoms with Gasteiger partial charge in [0, 0.05) is 28.7 Å². The number of benzene rings is 1. The molecule has 5 nitrogen and oxygen atoms in total. The van der Waals surface area contributed by atoms with Gasteiger partial charge in [-0.15, -0.1) is 0 Å². The van der Waals surface area contributed by atoms with E-state index >= 15 is 0 Å². The van der Waals surface area contributed by atoms with E-state index in [2.05, 4.69) is 0 Å². The Hall–Kier alpha value is -3.41. The molecule has 0 N–H and O–H groups in total. The van der Waals surface area contributed by atoms with Gasteiger partial charge in [0.25, 0.3) is 0 Å². The third-order valence-electron chi connectivity index (χ3n) is 4.07. The zero-order valence-electron chi connectivity index (χ0n) is 14.9. The van der Waals surface area contributed by atoms with Crippen LogP contribution in [0.3, 0.4) is 0 Å². The lowest BCUT2D eigenvalue weighted by atomic mass is 10.1. The highest BCUT2D eigenvalue weighted by atomic mass is 19.1. The highest BCUT2D eigenvalue weighted by molar-refractivity contribution is 6.00. The molecule has 0 fully saturated rings. The molecule has 0 aliphatic rings. The van der Waals surface area contributed by atoms with Crippen molar-refractivity contribution in [2.75, 3.05) is 6.61 Å². The van der Waals surface area contributed by atoms with Crippen molar-refractivity contribution in [2.24, 2.45) is 0 Å². The van der Waals surface area contributed by atoms with Crippen LogP contribution in [-0.4, -0.2) is 22.9 Å². The second-order valence-corrected chi connectivity index (χ2v) is 5.98. The number of hydrogen-bond donors (Lipinski definition) is 0. The number of hydrogen-bond acceptors (Lipinski definition) is 4. The average molecular weight is 367 g/mol. The van der Waals surface area contributed by atoms with Crippen LogP contribution in [0.25, 0.3) is 11.8 Å². The van der Waals surface area contributed by atoms with Crippen LogP contribution in [0.15, 0.2) is 59.2 Å². The smallest absolute Gasteiger partial charge is 0.331 e. The standard InChI is InChI=1S/C21H18FNO4/c1-14-11-19(15(2)23(14)17-6-3-5-16(22)12-17)20(24)13-27-21(25)9-8-18-7-4-10-26-18/h3-12H,13H2,1-2H3/b9-8+. The van der Waals surface area contributed by atoms with Crippen LogP contribution < -0.4 is 0 Å². The van der Waals surface area contributed by atoms with E-state index in [4.69, 9.17) is 9.15 Å². The molecular weight excluding hydrogens is 349 g/mol. The average Bonchev–Trinajstić information content (AvgIpc) is 3.25.